The minimum atomic E-state index is -1.66. The molecule has 2 nitrogen and oxygen atoms in total. The van der Waals surface area contributed by atoms with Gasteiger partial charge in [0.2, 0.25) is 0 Å². The lowest BCUT2D eigenvalue weighted by atomic mass is 9.49. The molecule has 0 radical (unpaired) electrons. The largest absolute Gasteiger partial charge is 0.299 e. The van der Waals surface area contributed by atoms with Crippen molar-refractivity contribution in [3.8, 4) is 0 Å². The van der Waals surface area contributed by atoms with Gasteiger partial charge in [-0.25, -0.2) is 0 Å². The van der Waals surface area contributed by atoms with Gasteiger partial charge in [0.05, 0.1) is 13.5 Å². The molecule has 5 aliphatic carbocycles. The van der Waals surface area contributed by atoms with Gasteiger partial charge in [-0.05, 0) is 25.2 Å². The van der Waals surface area contributed by atoms with Crippen LogP contribution in [0.3, 0.4) is 0 Å². The van der Waals surface area contributed by atoms with Crippen LogP contribution in [0.15, 0.2) is 22.9 Å². The van der Waals surface area contributed by atoms with Gasteiger partial charge in [-0.3, -0.25) is 9.59 Å². The molecule has 0 heterocycles. The van der Waals surface area contributed by atoms with Crippen LogP contribution in [0.4, 0.5) is 0 Å². The van der Waals surface area contributed by atoms with Crippen LogP contribution in [0.2, 0.25) is 19.6 Å². The molecular weight excluding hydrogens is 344 g/mol. The van der Waals surface area contributed by atoms with E-state index >= 15 is 0 Å². The summed E-state index contributed by atoms with van der Waals surface area (Å²) in [5.41, 5.74) is 0.922. The van der Waals surface area contributed by atoms with Crippen molar-refractivity contribution in [3.05, 3.63) is 22.9 Å². The zero-order valence-corrected chi connectivity index (χ0v) is 15.4. The Morgan fingerprint density at radius 2 is 2.00 bits per heavy atom. The Bertz CT molecular complexity index is 642. The zero-order valence-electron chi connectivity index (χ0n) is 12.8. The number of hydrogen-bond donors (Lipinski definition) is 0. The number of hydrogen-bond acceptors (Lipinski definition) is 2. The molecule has 0 aromatic rings. The Morgan fingerprint density at radius 3 is 2.67 bits per heavy atom. The fourth-order valence-electron chi connectivity index (χ4n) is 5.68. The molecule has 2 fully saturated rings. The van der Waals surface area contributed by atoms with E-state index < -0.39 is 17.8 Å². The van der Waals surface area contributed by atoms with Crippen LogP contribution in [0.1, 0.15) is 25.7 Å². The molecular formula is C17H21BrO2Si. The number of carbonyl (C=O) groups excluding carboxylic acids is 2. The van der Waals surface area contributed by atoms with Crippen LogP contribution in [-0.4, -0.2) is 24.0 Å². The van der Waals surface area contributed by atoms with Crippen molar-refractivity contribution in [2.75, 3.05) is 0 Å². The maximum atomic E-state index is 13.2. The van der Waals surface area contributed by atoms with Gasteiger partial charge in [0.25, 0.3) is 0 Å². The minimum absolute atomic E-state index is 0.106. The van der Waals surface area contributed by atoms with Crippen molar-refractivity contribution in [3.63, 3.8) is 0 Å². The first-order valence-electron chi connectivity index (χ1n) is 7.92. The highest BCUT2D eigenvalue weighted by molar-refractivity contribution is 9.10. The van der Waals surface area contributed by atoms with Gasteiger partial charge in [-0.1, -0.05) is 58.5 Å². The van der Waals surface area contributed by atoms with E-state index in [1.807, 2.05) is 0 Å². The molecule has 0 amide bonds. The van der Waals surface area contributed by atoms with Gasteiger partial charge in [-0.15, -0.1) is 0 Å². The molecule has 0 unspecified atom stereocenters. The Hall–Kier alpha value is -0.483. The van der Waals surface area contributed by atoms with Gasteiger partial charge in [0.1, 0.15) is 10.1 Å². The third kappa shape index (κ3) is 1.40. The van der Waals surface area contributed by atoms with E-state index in [9.17, 15) is 9.59 Å². The quantitative estimate of drug-likeness (QED) is 0.402. The van der Waals surface area contributed by atoms with Crippen molar-refractivity contribution < 1.29 is 9.59 Å². The topological polar surface area (TPSA) is 34.1 Å². The fraction of sp³-hybridized carbons (Fsp3) is 0.647. The minimum Gasteiger partial charge on any atom is -0.299 e. The van der Waals surface area contributed by atoms with Crippen LogP contribution in [-0.2, 0) is 9.59 Å². The van der Waals surface area contributed by atoms with Crippen LogP contribution in [0, 0.1) is 17.3 Å². The molecule has 5 aliphatic rings. The predicted octanol–water partition coefficient (Wildman–Crippen LogP) is 3.82. The van der Waals surface area contributed by atoms with Crippen molar-refractivity contribution in [1.29, 1.82) is 0 Å². The molecule has 0 aromatic carbocycles. The highest BCUT2D eigenvalue weighted by Gasteiger charge is 2.71. The first-order valence-corrected chi connectivity index (χ1v) is 12.2. The second kappa shape index (κ2) is 3.88. The number of carbonyl (C=O) groups is 2. The summed E-state index contributed by atoms with van der Waals surface area (Å²) < 4.78 is -0.670. The molecule has 112 valence electrons. The van der Waals surface area contributed by atoms with Crippen molar-refractivity contribution in [2.24, 2.45) is 17.3 Å². The number of allylic oxidation sites excluding steroid dienone is 4. The predicted molar refractivity (Wildman–Crippen MR) is 89.1 cm³/mol. The normalized spacial score (nSPS) is 44.6. The highest BCUT2D eigenvalue weighted by Crippen LogP contribution is 2.69. The lowest BCUT2D eigenvalue weighted by Gasteiger charge is -2.58. The Balaban J connectivity index is 2.11. The molecule has 0 aliphatic heterocycles. The zero-order chi connectivity index (χ0) is 15.2. The highest BCUT2D eigenvalue weighted by atomic mass is 79.9. The molecule has 5 rings (SSSR count). The molecule has 0 saturated heterocycles. The van der Waals surface area contributed by atoms with E-state index in [-0.39, 0.29) is 11.8 Å². The number of rotatable bonds is 1. The summed E-state index contributed by atoms with van der Waals surface area (Å²) in [6.07, 6.45) is 7.55. The smallest absolute Gasteiger partial charge is 0.158 e. The maximum Gasteiger partial charge on any atom is 0.158 e. The monoisotopic (exact) mass is 364 g/mol. The number of Topliss-reactive ketones (excluding diaryl/α,β-unsaturated/α-hetero) is 2. The van der Waals surface area contributed by atoms with E-state index in [4.69, 9.17) is 0 Å². The first kappa shape index (κ1) is 14.1. The van der Waals surface area contributed by atoms with Gasteiger partial charge in [-0.2, -0.15) is 0 Å². The van der Waals surface area contributed by atoms with E-state index in [1.54, 1.807) is 0 Å². The van der Waals surface area contributed by atoms with Crippen LogP contribution in [0.25, 0.3) is 0 Å². The molecule has 2 bridgehead atoms. The van der Waals surface area contributed by atoms with Crippen molar-refractivity contribution >= 4 is 35.6 Å². The number of fused-ring (bicyclic) bond motifs is 1. The van der Waals surface area contributed by atoms with E-state index in [0.717, 1.165) is 19.3 Å². The number of halogens is 1. The van der Waals surface area contributed by atoms with Crippen molar-refractivity contribution in [1.82, 2.24) is 0 Å². The lowest BCUT2D eigenvalue weighted by Crippen LogP contribution is -2.66. The molecule has 0 aromatic heterocycles. The number of alkyl halides is 1. The summed E-state index contributed by atoms with van der Waals surface area (Å²) in [7, 11) is -1.66. The average molecular weight is 365 g/mol. The summed E-state index contributed by atoms with van der Waals surface area (Å²) in [4.78, 5) is 26.3. The number of ketones is 2. The van der Waals surface area contributed by atoms with Gasteiger partial charge < -0.3 is 0 Å². The van der Waals surface area contributed by atoms with Gasteiger partial charge in [0.15, 0.2) is 5.78 Å². The third-order valence-electron chi connectivity index (χ3n) is 6.10. The second-order valence-corrected chi connectivity index (χ2v) is 14.5. The Labute approximate surface area is 135 Å². The van der Waals surface area contributed by atoms with E-state index in [1.165, 1.54) is 10.8 Å². The third-order valence-corrected chi connectivity index (χ3v) is 9.76. The van der Waals surface area contributed by atoms with E-state index in [2.05, 4.69) is 47.7 Å². The first-order chi connectivity index (χ1) is 9.74. The summed E-state index contributed by atoms with van der Waals surface area (Å²) >= 11 is 3.78. The standard InChI is InChI=1S/C17H21BrO2Si/c1-21(2,3)15-12-8-7-10-5-4-6-11-14(20)16(15,18)9-13(19)17(10,11)12/h4-5,10-11H,6-9H2,1-3H3/t10-,11+,16+,17-/m1/s1. The van der Waals surface area contributed by atoms with Gasteiger partial charge >= 0.3 is 0 Å². The maximum absolute atomic E-state index is 13.2. The molecule has 0 N–H and O–H groups in total. The van der Waals surface area contributed by atoms with E-state index in [0.29, 0.717) is 18.0 Å². The summed E-state index contributed by atoms with van der Waals surface area (Å²) in [5, 5.41) is 1.36. The summed E-state index contributed by atoms with van der Waals surface area (Å²) in [5.74, 6) is 0.782. The van der Waals surface area contributed by atoms with Crippen LogP contribution in [0.5, 0.6) is 0 Å². The molecule has 1 spiro atoms. The molecule has 4 heteroatoms. The SMILES string of the molecule is C[Si](C)(C)C1=C2CC[C@H]3C=CC[C@H]4C(=O)[C@@]1(Br)CC(=O)[C@]234. The molecule has 21 heavy (non-hydrogen) atoms. The molecule has 2 saturated carbocycles. The average Bonchev–Trinajstić information content (AvgIpc) is 2.75. The fourth-order valence-corrected chi connectivity index (χ4v) is 10.9. The van der Waals surface area contributed by atoms with Crippen molar-refractivity contribution in [2.45, 2.75) is 49.6 Å². The summed E-state index contributed by atoms with van der Waals surface area (Å²) in [6.45, 7) is 6.94. The molecule has 4 atom stereocenters. The second-order valence-electron chi connectivity index (χ2n) is 8.10. The van der Waals surface area contributed by atoms with Crippen LogP contribution >= 0.6 is 15.9 Å². The van der Waals surface area contributed by atoms with Crippen LogP contribution < -0.4 is 0 Å². The summed E-state index contributed by atoms with van der Waals surface area (Å²) in [6, 6.07) is 0. The lowest BCUT2D eigenvalue weighted by molar-refractivity contribution is -0.148. The Morgan fingerprint density at radius 1 is 1.29 bits per heavy atom. The Kier molecular flexibility index (Phi) is 2.61. The van der Waals surface area contributed by atoms with Gasteiger partial charge in [0, 0.05) is 12.3 Å².